The second-order valence-electron chi connectivity index (χ2n) is 4.17. The van der Waals surface area contributed by atoms with E-state index in [0.29, 0.717) is 0 Å². The Labute approximate surface area is 91.1 Å². The van der Waals surface area contributed by atoms with Gasteiger partial charge in [0.1, 0.15) is 0 Å². The highest BCUT2D eigenvalue weighted by Gasteiger charge is 2.08. The Bertz CT molecular complexity index is 223. The van der Waals surface area contributed by atoms with Gasteiger partial charge in [0.05, 0.1) is 12.2 Å². The first kappa shape index (κ1) is 12.2. The summed E-state index contributed by atoms with van der Waals surface area (Å²) in [5, 5.41) is 9.48. The highest BCUT2D eigenvalue weighted by atomic mass is 16.5. The predicted octanol–water partition coefficient (Wildman–Crippen LogP) is 2.19. The van der Waals surface area contributed by atoms with E-state index in [1.54, 1.807) is 0 Å². The van der Waals surface area contributed by atoms with Crippen molar-refractivity contribution in [3.05, 3.63) is 12.2 Å². The molecule has 0 aromatic heterocycles. The molecule has 0 amide bonds. The Morgan fingerprint density at radius 1 is 1.27 bits per heavy atom. The van der Waals surface area contributed by atoms with E-state index in [2.05, 4.69) is 0 Å². The summed E-state index contributed by atoms with van der Waals surface area (Å²) in [7, 11) is 0. The molecular formula is C12H20O3. The second kappa shape index (κ2) is 6.62. The van der Waals surface area contributed by atoms with Gasteiger partial charge in [-0.15, -0.1) is 0 Å². The Kier molecular flexibility index (Phi) is 5.40. The monoisotopic (exact) mass is 212 g/mol. The third kappa shape index (κ3) is 5.57. The summed E-state index contributed by atoms with van der Waals surface area (Å²) in [6.45, 7) is 1.91. The first-order valence-corrected chi connectivity index (χ1v) is 5.75. The van der Waals surface area contributed by atoms with Crippen LogP contribution in [-0.2, 0) is 9.53 Å². The number of esters is 1. The molecule has 0 bridgehead atoms. The van der Waals surface area contributed by atoms with Gasteiger partial charge >= 0.3 is 5.97 Å². The predicted molar refractivity (Wildman–Crippen MR) is 58.4 cm³/mol. The smallest absolute Gasteiger partial charge is 0.330 e. The van der Waals surface area contributed by atoms with Crippen LogP contribution >= 0.6 is 0 Å². The molecule has 0 aliphatic carbocycles. The summed E-state index contributed by atoms with van der Waals surface area (Å²) in [6, 6.07) is 0. The zero-order chi connectivity index (χ0) is 11.1. The average Bonchev–Trinajstić information content (AvgIpc) is 2.18. The lowest BCUT2D eigenvalue weighted by atomic mass is 10.1. The van der Waals surface area contributed by atoms with E-state index in [1.807, 2.05) is 6.92 Å². The van der Waals surface area contributed by atoms with Crippen molar-refractivity contribution in [1.82, 2.24) is 0 Å². The molecule has 0 aromatic carbocycles. The maximum absolute atomic E-state index is 11.2. The van der Waals surface area contributed by atoms with Gasteiger partial charge in [0.15, 0.2) is 0 Å². The first-order chi connectivity index (χ1) is 7.18. The maximum Gasteiger partial charge on any atom is 0.330 e. The fourth-order valence-electron chi connectivity index (χ4n) is 1.72. The lowest BCUT2D eigenvalue weighted by Crippen LogP contribution is -2.14. The molecule has 3 nitrogen and oxygen atoms in total. The zero-order valence-corrected chi connectivity index (χ0v) is 9.32. The number of aliphatic hydroxyl groups is 1. The van der Waals surface area contributed by atoms with E-state index < -0.39 is 6.10 Å². The van der Waals surface area contributed by atoms with Crippen molar-refractivity contribution in [2.45, 2.75) is 57.7 Å². The molecule has 0 spiro atoms. The summed E-state index contributed by atoms with van der Waals surface area (Å²) >= 11 is 0. The van der Waals surface area contributed by atoms with Gasteiger partial charge in [0.2, 0.25) is 0 Å². The summed E-state index contributed by atoms with van der Waals surface area (Å²) < 4.78 is 5.13. The molecule has 2 atom stereocenters. The number of carbonyl (C=O) groups is 1. The van der Waals surface area contributed by atoms with Crippen LogP contribution in [0.25, 0.3) is 0 Å². The number of hydrogen-bond acceptors (Lipinski definition) is 3. The number of aliphatic hydroxyl groups excluding tert-OH is 1. The quantitative estimate of drug-likeness (QED) is 0.626. The Balaban J connectivity index is 2.48. The Morgan fingerprint density at radius 3 is 2.67 bits per heavy atom. The topological polar surface area (TPSA) is 46.5 Å². The van der Waals surface area contributed by atoms with Crippen LogP contribution in [0.3, 0.4) is 0 Å². The SMILES string of the molecule is C[C@@H]1CCCCCC[C@H](O)/C=C/C(=O)O1. The molecule has 3 heteroatoms. The number of ether oxygens (including phenoxy) is 1. The van der Waals surface area contributed by atoms with Crippen LogP contribution in [0.15, 0.2) is 12.2 Å². The molecule has 1 aliphatic heterocycles. The van der Waals surface area contributed by atoms with Crippen molar-refractivity contribution < 1.29 is 14.6 Å². The lowest BCUT2D eigenvalue weighted by molar-refractivity contribution is -0.142. The molecule has 15 heavy (non-hydrogen) atoms. The minimum absolute atomic E-state index is 0.0151. The van der Waals surface area contributed by atoms with E-state index in [-0.39, 0.29) is 12.1 Å². The van der Waals surface area contributed by atoms with E-state index in [0.717, 1.165) is 38.5 Å². The molecule has 1 rings (SSSR count). The number of cyclic esters (lactones) is 1. The van der Waals surface area contributed by atoms with Crippen molar-refractivity contribution >= 4 is 5.97 Å². The van der Waals surface area contributed by atoms with Crippen molar-refractivity contribution in [2.75, 3.05) is 0 Å². The minimum Gasteiger partial charge on any atom is -0.460 e. The summed E-state index contributed by atoms with van der Waals surface area (Å²) in [5.41, 5.74) is 0. The summed E-state index contributed by atoms with van der Waals surface area (Å²) in [6.07, 6.45) is 8.42. The van der Waals surface area contributed by atoms with Crippen molar-refractivity contribution in [3.8, 4) is 0 Å². The van der Waals surface area contributed by atoms with Gasteiger partial charge in [-0.3, -0.25) is 0 Å². The fraction of sp³-hybridized carbons (Fsp3) is 0.750. The number of carbonyl (C=O) groups excluding carboxylic acids is 1. The van der Waals surface area contributed by atoms with Crippen LogP contribution in [0.1, 0.15) is 45.4 Å². The fourth-order valence-corrected chi connectivity index (χ4v) is 1.72. The van der Waals surface area contributed by atoms with E-state index >= 15 is 0 Å². The third-order valence-electron chi connectivity index (χ3n) is 2.63. The molecule has 1 heterocycles. The van der Waals surface area contributed by atoms with E-state index in [1.165, 1.54) is 12.2 Å². The highest BCUT2D eigenvalue weighted by molar-refractivity contribution is 5.82. The molecule has 0 saturated heterocycles. The molecule has 0 aromatic rings. The Morgan fingerprint density at radius 2 is 1.93 bits per heavy atom. The van der Waals surface area contributed by atoms with Gasteiger partial charge in [-0.25, -0.2) is 4.79 Å². The van der Waals surface area contributed by atoms with Crippen molar-refractivity contribution in [3.63, 3.8) is 0 Å². The van der Waals surface area contributed by atoms with Gasteiger partial charge in [-0.1, -0.05) is 19.3 Å². The maximum atomic E-state index is 11.2. The van der Waals surface area contributed by atoms with Crippen molar-refractivity contribution in [1.29, 1.82) is 0 Å². The molecule has 0 saturated carbocycles. The first-order valence-electron chi connectivity index (χ1n) is 5.75. The highest BCUT2D eigenvalue weighted by Crippen LogP contribution is 2.12. The standard InChI is InChI=1S/C12H20O3/c1-10-6-4-2-3-5-7-11(13)8-9-12(14)15-10/h8-11,13H,2-7H2,1H3/b9-8+/t10-,11+/m1/s1. The van der Waals surface area contributed by atoms with E-state index in [9.17, 15) is 9.90 Å². The van der Waals surface area contributed by atoms with Crippen LogP contribution < -0.4 is 0 Å². The number of hydrogen-bond donors (Lipinski definition) is 1. The lowest BCUT2D eigenvalue weighted by Gasteiger charge is -2.13. The normalized spacial score (nSPS) is 32.3. The summed E-state index contributed by atoms with van der Waals surface area (Å²) in [4.78, 5) is 11.2. The third-order valence-corrected chi connectivity index (χ3v) is 2.63. The van der Waals surface area contributed by atoms with E-state index in [4.69, 9.17) is 4.74 Å². The van der Waals surface area contributed by atoms with Crippen LogP contribution in [0.5, 0.6) is 0 Å². The molecule has 1 N–H and O–H groups in total. The number of rotatable bonds is 0. The van der Waals surface area contributed by atoms with Crippen LogP contribution in [0.4, 0.5) is 0 Å². The zero-order valence-electron chi connectivity index (χ0n) is 9.32. The molecule has 0 fully saturated rings. The van der Waals surface area contributed by atoms with Gasteiger partial charge in [-0.2, -0.15) is 0 Å². The van der Waals surface area contributed by atoms with Crippen LogP contribution in [-0.4, -0.2) is 23.3 Å². The molecule has 86 valence electrons. The molecular weight excluding hydrogens is 192 g/mol. The molecule has 1 aliphatic rings. The molecule has 0 unspecified atom stereocenters. The average molecular weight is 212 g/mol. The van der Waals surface area contributed by atoms with Crippen molar-refractivity contribution in [2.24, 2.45) is 0 Å². The summed E-state index contributed by atoms with van der Waals surface area (Å²) in [5.74, 6) is -0.345. The van der Waals surface area contributed by atoms with Gasteiger partial charge in [0.25, 0.3) is 0 Å². The van der Waals surface area contributed by atoms with Crippen LogP contribution in [0, 0.1) is 0 Å². The van der Waals surface area contributed by atoms with Crippen LogP contribution in [0.2, 0.25) is 0 Å². The van der Waals surface area contributed by atoms with Gasteiger partial charge in [0, 0.05) is 6.08 Å². The van der Waals surface area contributed by atoms with Gasteiger partial charge in [-0.05, 0) is 32.3 Å². The Hall–Kier alpha value is -0.830. The largest absolute Gasteiger partial charge is 0.460 e. The second-order valence-corrected chi connectivity index (χ2v) is 4.17. The van der Waals surface area contributed by atoms with Gasteiger partial charge < -0.3 is 9.84 Å². The minimum atomic E-state index is -0.507. The molecule has 0 radical (unpaired) electrons.